The van der Waals surface area contributed by atoms with Gasteiger partial charge in [0.05, 0.1) is 6.54 Å². The topological polar surface area (TPSA) is 56.7 Å². The molecule has 6 heteroatoms. The van der Waals surface area contributed by atoms with Crippen molar-refractivity contribution in [1.82, 2.24) is 15.5 Å². The molecule has 20 heavy (non-hydrogen) atoms. The fourth-order valence-electron chi connectivity index (χ4n) is 1.99. The van der Waals surface area contributed by atoms with E-state index in [4.69, 9.17) is 0 Å². The molecule has 0 saturated carbocycles. The second kappa shape index (κ2) is 8.08. The first kappa shape index (κ1) is 16.7. The van der Waals surface area contributed by atoms with Gasteiger partial charge in [0.15, 0.2) is 5.96 Å². The van der Waals surface area contributed by atoms with Crippen LogP contribution < -0.4 is 10.6 Å². The highest BCUT2D eigenvalue weighted by molar-refractivity contribution is 14.0. The zero-order chi connectivity index (χ0) is 13.7. The van der Waals surface area contributed by atoms with Crippen molar-refractivity contribution >= 4 is 35.8 Å². The van der Waals surface area contributed by atoms with Crippen LogP contribution in [0.5, 0.6) is 0 Å². The van der Waals surface area contributed by atoms with E-state index in [1.807, 2.05) is 38.2 Å². The SMILES string of the molecule is CCNC(=O)c1cccc(CNC2=NCCN2C)c1.I. The van der Waals surface area contributed by atoms with E-state index in [0.717, 1.165) is 24.6 Å². The number of hydrogen-bond donors (Lipinski definition) is 2. The molecule has 2 N–H and O–H groups in total. The van der Waals surface area contributed by atoms with Gasteiger partial charge in [0.2, 0.25) is 0 Å². The van der Waals surface area contributed by atoms with E-state index in [2.05, 4.69) is 20.5 Å². The minimum Gasteiger partial charge on any atom is -0.352 e. The van der Waals surface area contributed by atoms with Gasteiger partial charge in [0, 0.05) is 32.2 Å². The van der Waals surface area contributed by atoms with Gasteiger partial charge in [0.1, 0.15) is 0 Å². The van der Waals surface area contributed by atoms with Crippen molar-refractivity contribution in [2.24, 2.45) is 4.99 Å². The summed E-state index contributed by atoms with van der Waals surface area (Å²) in [4.78, 5) is 18.2. The van der Waals surface area contributed by atoms with Crippen LogP contribution in [0.4, 0.5) is 0 Å². The molecule has 0 atom stereocenters. The van der Waals surface area contributed by atoms with Gasteiger partial charge in [-0.2, -0.15) is 0 Å². The molecule has 1 aromatic carbocycles. The molecule has 0 bridgehead atoms. The predicted molar refractivity (Wildman–Crippen MR) is 91.6 cm³/mol. The standard InChI is InChI=1S/C14H20N4O.HI/c1-3-15-13(19)12-6-4-5-11(9-12)10-17-14-16-7-8-18(14)2;/h4-6,9H,3,7-8,10H2,1-2H3,(H,15,19)(H,16,17);1H. The van der Waals surface area contributed by atoms with Crippen LogP contribution in [0.3, 0.4) is 0 Å². The van der Waals surface area contributed by atoms with E-state index in [1.54, 1.807) is 0 Å². The quantitative estimate of drug-likeness (QED) is 0.768. The first-order chi connectivity index (χ1) is 9.20. The number of aliphatic imine (C=N–C) groups is 1. The average molecular weight is 388 g/mol. The largest absolute Gasteiger partial charge is 0.352 e. The Hall–Kier alpha value is -1.31. The lowest BCUT2D eigenvalue weighted by atomic mass is 10.1. The lowest BCUT2D eigenvalue weighted by Crippen LogP contribution is -2.35. The van der Waals surface area contributed by atoms with Crippen molar-refractivity contribution in [3.8, 4) is 0 Å². The molecule has 2 rings (SSSR count). The van der Waals surface area contributed by atoms with Crippen LogP contribution in [-0.2, 0) is 6.54 Å². The number of amides is 1. The Balaban J connectivity index is 0.00000200. The lowest BCUT2D eigenvalue weighted by molar-refractivity contribution is 0.0955. The Morgan fingerprint density at radius 2 is 2.25 bits per heavy atom. The van der Waals surface area contributed by atoms with Crippen LogP contribution in [0.25, 0.3) is 0 Å². The Bertz CT molecular complexity index is 490. The predicted octanol–water partition coefficient (Wildman–Crippen LogP) is 1.45. The summed E-state index contributed by atoms with van der Waals surface area (Å²) in [5.74, 6) is 0.892. The average Bonchev–Trinajstić information content (AvgIpc) is 2.82. The third kappa shape index (κ3) is 4.36. The fourth-order valence-corrected chi connectivity index (χ4v) is 1.99. The Labute approximate surface area is 136 Å². The smallest absolute Gasteiger partial charge is 0.251 e. The highest BCUT2D eigenvalue weighted by Crippen LogP contribution is 2.06. The number of guanidine groups is 1. The van der Waals surface area contributed by atoms with Gasteiger partial charge in [-0.25, -0.2) is 0 Å². The van der Waals surface area contributed by atoms with Crippen LogP contribution in [0.15, 0.2) is 29.3 Å². The molecule has 0 unspecified atom stereocenters. The number of likely N-dealkylation sites (N-methyl/N-ethyl adjacent to an activating group) is 1. The zero-order valence-electron chi connectivity index (χ0n) is 11.8. The molecule has 0 saturated heterocycles. The summed E-state index contributed by atoms with van der Waals surface area (Å²) >= 11 is 0. The Morgan fingerprint density at radius 3 is 2.90 bits per heavy atom. The minimum atomic E-state index is -0.0281. The summed E-state index contributed by atoms with van der Waals surface area (Å²) in [5, 5.41) is 6.09. The maximum Gasteiger partial charge on any atom is 0.251 e. The van der Waals surface area contributed by atoms with Crippen LogP contribution >= 0.6 is 24.0 Å². The van der Waals surface area contributed by atoms with Crippen LogP contribution in [0.1, 0.15) is 22.8 Å². The van der Waals surface area contributed by atoms with E-state index in [-0.39, 0.29) is 29.9 Å². The molecule has 0 fully saturated rings. The molecule has 1 heterocycles. The summed E-state index contributed by atoms with van der Waals surface area (Å²) in [6.45, 7) is 5.04. The van der Waals surface area contributed by atoms with E-state index >= 15 is 0 Å². The number of nitrogens with zero attached hydrogens (tertiary/aromatic N) is 2. The summed E-state index contributed by atoms with van der Waals surface area (Å²) < 4.78 is 0. The van der Waals surface area contributed by atoms with Crippen LogP contribution in [0.2, 0.25) is 0 Å². The normalized spacial score (nSPS) is 13.5. The summed E-state index contributed by atoms with van der Waals surface area (Å²) in [6, 6.07) is 7.65. The van der Waals surface area contributed by atoms with Crippen molar-refractivity contribution in [3.63, 3.8) is 0 Å². The summed E-state index contributed by atoms with van der Waals surface area (Å²) in [6.07, 6.45) is 0. The van der Waals surface area contributed by atoms with Crippen molar-refractivity contribution in [1.29, 1.82) is 0 Å². The Morgan fingerprint density at radius 1 is 1.45 bits per heavy atom. The van der Waals surface area contributed by atoms with E-state index in [1.165, 1.54) is 0 Å². The molecule has 0 radical (unpaired) electrons. The second-order valence-corrected chi connectivity index (χ2v) is 4.54. The van der Waals surface area contributed by atoms with Gasteiger partial charge in [-0.15, -0.1) is 24.0 Å². The Kier molecular flexibility index (Phi) is 6.77. The maximum absolute atomic E-state index is 11.7. The monoisotopic (exact) mass is 388 g/mol. The molecule has 1 aliphatic rings. The molecule has 110 valence electrons. The van der Waals surface area contributed by atoms with Crippen molar-refractivity contribution in [3.05, 3.63) is 35.4 Å². The molecule has 5 nitrogen and oxygen atoms in total. The van der Waals surface area contributed by atoms with E-state index in [9.17, 15) is 4.79 Å². The molecular weight excluding hydrogens is 367 g/mol. The number of carbonyl (C=O) groups excluding carboxylic acids is 1. The van der Waals surface area contributed by atoms with Crippen molar-refractivity contribution in [2.75, 3.05) is 26.7 Å². The maximum atomic E-state index is 11.7. The molecular formula is C14H21IN4O. The number of nitrogens with one attached hydrogen (secondary N) is 2. The molecule has 1 aromatic rings. The van der Waals surface area contributed by atoms with E-state index in [0.29, 0.717) is 18.7 Å². The first-order valence-corrected chi connectivity index (χ1v) is 6.57. The van der Waals surface area contributed by atoms with Gasteiger partial charge in [-0.05, 0) is 24.6 Å². The molecule has 0 aromatic heterocycles. The highest BCUT2D eigenvalue weighted by atomic mass is 127. The van der Waals surface area contributed by atoms with Gasteiger partial charge < -0.3 is 15.5 Å². The number of rotatable bonds is 4. The minimum absolute atomic E-state index is 0. The zero-order valence-corrected chi connectivity index (χ0v) is 14.2. The molecule has 0 aliphatic carbocycles. The number of carbonyl (C=O) groups is 1. The number of benzene rings is 1. The van der Waals surface area contributed by atoms with Crippen LogP contribution in [-0.4, -0.2) is 43.4 Å². The number of hydrogen-bond acceptors (Lipinski definition) is 4. The van der Waals surface area contributed by atoms with Gasteiger partial charge >= 0.3 is 0 Å². The van der Waals surface area contributed by atoms with Crippen LogP contribution in [0, 0.1) is 0 Å². The van der Waals surface area contributed by atoms with Gasteiger partial charge in [0.25, 0.3) is 5.91 Å². The molecule has 1 aliphatic heterocycles. The van der Waals surface area contributed by atoms with Crippen molar-refractivity contribution < 1.29 is 4.79 Å². The van der Waals surface area contributed by atoms with E-state index < -0.39 is 0 Å². The molecule has 1 amide bonds. The lowest BCUT2D eigenvalue weighted by Gasteiger charge is -2.15. The summed E-state index contributed by atoms with van der Waals surface area (Å²) in [5.41, 5.74) is 1.77. The van der Waals surface area contributed by atoms with Crippen molar-refractivity contribution in [2.45, 2.75) is 13.5 Å². The second-order valence-electron chi connectivity index (χ2n) is 4.54. The third-order valence-electron chi connectivity index (χ3n) is 3.04. The van der Waals surface area contributed by atoms with Gasteiger partial charge in [-0.3, -0.25) is 9.79 Å². The number of halogens is 1. The first-order valence-electron chi connectivity index (χ1n) is 6.57. The highest BCUT2D eigenvalue weighted by Gasteiger charge is 2.11. The fraction of sp³-hybridized carbons (Fsp3) is 0.429. The summed E-state index contributed by atoms with van der Waals surface area (Å²) in [7, 11) is 2.02. The third-order valence-corrected chi connectivity index (χ3v) is 3.04. The van der Waals surface area contributed by atoms with Gasteiger partial charge in [-0.1, -0.05) is 12.1 Å². The molecule has 0 spiro atoms.